The van der Waals surface area contributed by atoms with E-state index in [0.29, 0.717) is 35.6 Å². The second-order valence-corrected chi connectivity index (χ2v) is 15.7. The molecule has 2 aliphatic heterocycles. The fourth-order valence-electron chi connectivity index (χ4n) is 6.59. The molecule has 1 saturated heterocycles. The Morgan fingerprint density at radius 2 is 1.76 bits per heavy atom. The van der Waals surface area contributed by atoms with Crippen molar-refractivity contribution < 1.29 is 32.6 Å². The van der Waals surface area contributed by atoms with Crippen molar-refractivity contribution in [2.45, 2.75) is 84.8 Å². The molecule has 5 heterocycles. The standard InChI is InChI=1S/C34H35F2N7O5S/c1-32(2,3)47-30(44)40-21-12-43(15-34(21)7-8-34)29-39-10-17-18-13-46-14-19(18)22(24(36)25(17)41-29)26-23-16(9-37)28(42-31(45)48-33(4,5)6)49-27(23)20(35)11-38-26/h10-11,21H,7-8,12-15H2,1-6H3,(H,40,44)(H,42,45)/t21-/m1/s1. The molecule has 0 unspecified atom stereocenters. The summed E-state index contributed by atoms with van der Waals surface area (Å²) in [7, 11) is 0. The van der Waals surface area contributed by atoms with Crippen molar-refractivity contribution in [3.05, 3.63) is 40.7 Å². The first-order valence-corrected chi connectivity index (χ1v) is 16.7. The summed E-state index contributed by atoms with van der Waals surface area (Å²) in [5, 5.41) is 16.4. The van der Waals surface area contributed by atoms with E-state index in [1.54, 1.807) is 47.7 Å². The molecule has 12 nitrogen and oxygen atoms in total. The number of alkyl carbamates (subject to hydrolysis) is 1. The molecule has 2 N–H and O–H groups in total. The lowest BCUT2D eigenvalue weighted by Crippen LogP contribution is -2.44. The first kappa shape index (κ1) is 32.8. The van der Waals surface area contributed by atoms with Crippen LogP contribution in [0.5, 0.6) is 0 Å². The number of nitrogens with one attached hydrogen (secondary N) is 2. The number of rotatable bonds is 4. The number of carbonyl (C=O) groups excluding carboxylic acids is 2. The molecule has 1 saturated carbocycles. The summed E-state index contributed by atoms with van der Waals surface area (Å²) in [6.07, 6.45) is 3.07. The number of anilines is 2. The molecule has 2 amide bonds. The summed E-state index contributed by atoms with van der Waals surface area (Å²) in [5.74, 6) is -1.15. The zero-order chi connectivity index (χ0) is 35.0. The van der Waals surface area contributed by atoms with E-state index in [1.807, 2.05) is 11.0 Å². The maximum absolute atomic E-state index is 17.0. The van der Waals surface area contributed by atoms with Crippen molar-refractivity contribution in [2.75, 3.05) is 23.3 Å². The lowest BCUT2D eigenvalue weighted by Gasteiger charge is -2.23. The van der Waals surface area contributed by atoms with Crippen molar-refractivity contribution in [3.8, 4) is 17.3 Å². The van der Waals surface area contributed by atoms with Gasteiger partial charge in [0, 0.05) is 41.0 Å². The second-order valence-electron chi connectivity index (χ2n) is 14.7. The smallest absolute Gasteiger partial charge is 0.412 e. The molecule has 49 heavy (non-hydrogen) atoms. The van der Waals surface area contributed by atoms with Gasteiger partial charge in [-0.3, -0.25) is 10.3 Å². The number of nitriles is 1. The first-order valence-electron chi connectivity index (χ1n) is 15.9. The van der Waals surface area contributed by atoms with Gasteiger partial charge in [-0.2, -0.15) is 5.26 Å². The highest BCUT2D eigenvalue weighted by molar-refractivity contribution is 7.23. The molecule has 0 bridgehead atoms. The van der Waals surface area contributed by atoms with Gasteiger partial charge < -0.3 is 24.4 Å². The minimum atomic E-state index is -0.820. The molecular formula is C34H35F2N7O5S. The Labute approximate surface area is 284 Å². The average Bonchev–Trinajstić information content (AvgIpc) is 3.29. The van der Waals surface area contributed by atoms with E-state index in [4.69, 9.17) is 19.2 Å². The minimum absolute atomic E-state index is 0.0257. The van der Waals surface area contributed by atoms with E-state index in [2.05, 4.69) is 20.6 Å². The zero-order valence-electron chi connectivity index (χ0n) is 27.9. The van der Waals surface area contributed by atoms with Gasteiger partial charge in [-0.25, -0.2) is 28.3 Å². The van der Waals surface area contributed by atoms with Crippen molar-refractivity contribution in [1.82, 2.24) is 20.3 Å². The molecule has 7 rings (SSSR count). The predicted molar refractivity (Wildman–Crippen MR) is 178 cm³/mol. The van der Waals surface area contributed by atoms with Crippen LogP contribution in [0.2, 0.25) is 0 Å². The summed E-state index contributed by atoms with van der Waals surface area (Å²) >= 11 is 0.839. The number of ether oxygens (including phenoxy) is 3. The SMILES string of the molecule is CC(C)(C)OC(=O)Nc1sc2c(F)cnc(-c3c4c(c5cnc(N6C[C@@H](NC(=O)OC(C)(C)C)C7(CC7)C6)nc5c3F)COC4)c2c1C#N. The number of fused-ring (bicyclic) bond motifs is 4. The molecule has 256 valence electrons. The van der Waals surface area contributed by atoms with Crippen LogP contribution < -0.4 is 15.5 Å². The largest absolute Gasteiger partial charge is 0.444 e. The molecule has 15 heteroatoms. The van der Waals surface area contributed by atoms with Crippen molar-refractivity contribution in [1.29, 1.82) is 5.26 Å². The highest BCUT2D eigenvalue weighted by atomic mass is 32.1. The number of hydrogen-bond acceptors (Lipinski definition) is 11. The Bertz CT molecular complexity index is 2100. The first-order chi connectivity index (χ1) is 23.1. The molecule has 1 aliphatic carbocycles. The third kappa shape index (κ3) is 5.97. The van der Waals surface area contributed by atoms with Gasteiger partial charge in [0.15, 0.2) is 11.6 Å². The Hall–Kier alpha value is -4.68. The Morgan fingerprint density at radius 3 is 2.43 bits per heavy atom. The van der Waals surface area contributed by atoms with Crippen LogP contribution in [0.3, 0.4) is 0 Å². The number of amides is 2. The summed E-state index contributed by atoms with van der Waals surface area (Å²) in [6, 6.07) is 1.85. The third-order valence-corrected chi connectivity index (χ3v) is 9.95. The van der Waals surface area contributed by atoms with Crippen LogP contribution in [-0.2, 0) is 27.4 Å². The lowest BCUT2D eigenvalue weighted by atomic mass is 9.94. The molecule has 1 aromatic carbocycles. The van der Waals surface area contributed by atoms with Crippen molar-refractivity contribution in [2.24, 2.45) is 5.41 Å². The normalized spacial score (nSPS) is 18.1. The van der Waals surface area contributed by atoms with Gasteiger partial charge in [0.25, 0.3) is 0 Å². The minimum Gasteiger partial charge on any atom is -0.444 e. The van der Waals surface area contributed by atoms with Crippen LogP contribution in [0, 0.1) is 28.4 Å². The fraction of sp³-hybridized carbons (Fsp3) is 0.471. The predicted octanol–water partition coefficient (Wildman–Crippen LogP) is 6.93. The van der Waals surface area contributed by atoms with Crippen LogP contribution in [0.25, 0.3) is 32.2 Å². The molecule has 3 aliphatic rings. The number of hydrogen-bond donors (Lipinski definition) is 2. The lowest BCUT2D eigenvalue weighted by molar-refractivity contribution is 0.0492. The Kier molecular flexibility index (Phi) is 7.67. The molecule has 2 fully saturated rings. The van der Waals surface area contributed by atoms with E-state index in [-0.39, 0.29) is 62.1 Å². The van der Waals surface area contributed by atoms with E-state index in [1.165, 1.54) is 0 Å². The van der Waals surface area contributed by atoms with E-state index < -0.39 is 35.0 Å². The van der Waals surface area contributed by atoms with E-state index in [0.717, 1.165) is 30.4 Å². The monoisotopic (exact) mass is 691 g/mol. The van der Waals surface area contributed by atoms with Crippen LogP contribution in [0.4, 0.5) is 29.3 Å². The van der Waals surface area contributed by atoms with Crippen molar-refractivity contribution >= 4 is 55.5 Å². The molecule has 1 atom stereocenters. The van der Waals surface area contributed by atoms with Gasteiger partial charge in [-0.1, -0.05) is 0 Å². The molecule has 3 aromatic heterocycles. The number of pyridine rings is 1. The summed E-state index contributed by atoms with van der Waals surface area (Å²) in [4.78, 5) is 40.8. The van der Waals surface area contributed by atoms with Gasteiger partial charge >= 0.3 is 12.2 Å². The van der Waals surface area contributed by atoms with Crippen LogP contribution in [0.1, 0.15) is 71.1 Å². The number of nitrogens with zero attached hydrogens (tertiary/aromatic N) is 5. The summed E-state index contributed by atoms with van der Waals surface area (Å²) < 4.78 is 48.8. The van der Waals surface area contributed by atoms with Gasteiger partial charge in [-0.15, -0.1) is 11.3 Å². The van der Waals surface area contributed by atoms with Crippen LogP contribution >= 0.6 is 11.3 Å². The number of aromatic nitrogens is 3. The van der Waals surface area contributed by atoms with E-state index in [9.17, 15) is 14.9 Å². The average molecular weight is 692 g/mol. The number of carbonyl (C=O) groups is 2. The topological polar surface area (TPSA) is 152 Å². The highest BCUT2D eigenvalue weighted by Crippen LogP contribution is 2.53. The zero-order valence-corrected chi connectivity index (χ0v) is 28.7. The third-order valence-electron chi connectivity index (χ3n) is 8.83. The molecule has 1 spiro atoms. The Morgan fingerprint density at radius 1 is 1.06 bits per heavy atom. The van der Waals surface area contributed by atoms with Gasteiger partial charge in [0.2, 0.25) is 5.95 Å². The number of benzene rings is 1. The maximum atomic E-state index is 17.0. The van der Waals surface area contributed by atoms with E-state index >= 15 is 8.78 Å². The van der Waals surface area contributed by atoms with Crippen molar-refractivity contribution in [3.63, 3.8) is 0 Å². The van der Waals surface area contributed by atoms with Gasteiger partial charge in [0.1, 0.15) is 27.8 Å². The maximum Gasteiger partial charge on any atom is 0.412 e. The van der Waals surface area contributed by atoms with Crippen LogP contribution in [0.15, 0.2) is 12.4 Å². The highest BCUT2D eigenvalue weighted by Gasteiger charge is 2.56. The Balaban J connectivity index is 1.30. The molecular weight excluding hydrogens is 656 g/mol. The second kappa shape index (κ2) is 11.4. The number of thiophene rings is 1. The van der Waals surface area contributed by atoms with Gasteiger partial charge in [0.05, 0.1) is 41.4 Å². The van der Waals surface area contributed by atoms with Gasteiger partial charge in [-0.05, 0) is 65.5 Å². The summed E-state index contributed by atoms with van der Waals surface area (Å²) in [6.45, 7) is 11.7. The number of halogens is 2. The molecule has 4 aromatic rings. The fourth-order valence-corrected chi connectivity index (χ4v) is 7.63. The molecule has 0 radical (unpaired) electrons. The quantitative estimate of drug-likeness (QED) is 0.231. The van der Waals surface area contributed by atoms with Crippen LogP contribution in [-0.4, -0.2) is 57.5 Å². The summed E-state index contributed by atoms with van der Waals surface area (Å²) in [5.41, 5.74) is -0.411.